The number of unbranched alkanes of at least 4 members (excludes halogenated alkanes) is 4. The number of hydrogen-bond acceptors (Lipinski definition) is 8. The van der Waals surface area contributed by atoms with E-state index in [2.05, 4.69) is 15.6 Å². The van der Waals surface area contributed by atoms with Gasteiger partial charge in [0.1, 0.15) is 17.0 Å². The quantitative estimate of drug-likeness (QED) is 0.0870. The molecular weight excluding hydrogens is 677 g/mol. The molecule has 1 heterocycles. The standard InChI is InChI=1S/C39H43F2N3O6S/c1-38(2,3)37(47)51-21-9-7-5-6-8-20-49-34-24-30-28(23-33(34)48-4)31(16-19-42-30)50-32-15-14-27(22-29(32)41)44-36(46)39(17-18-39)35(45)43-26-12-10-25(40)11-13-26/h10-16,19,22-24H,5-9,17-18,20-21H2,1-4H3,(H,43,45)(H,44,46). The maximum Gasteiger partial charge on any atom is 0.240 e. The van der Waals surface area contributed by atoms with Crippen molar-refractivity contribution < 1.29 is 37.4 Å². The van der Waals surface area contributed by atoms with Crippen LogP contribution in [0, 0.1) is 22.5 Å². The van der Waals surface area contributed by atoms with Gasteiger partial charge in [0.05, 0.1) is 19.2 Å². The number of benzene rings is 3. The van der Waals surface area contributed by atoms with Crippen LogP contribution in [0.3, 0.4) is 0 Å². The van der Waals surface area contributed by atoms with Crippen molar-refractivity contribution in [3.05, 3.63) is 78.5 Å². The Kier molecular flexibility index (Phi) is 12.2. The Morgan fingerprint density at radius 1 is 0.804 bits per heavy atom. The van der Waals surface area contributed by atoms with Gasteiger partial charge < -0.3 is 24.8 Å². The van der Waals surface area contributed by atoms with Crippen LogP contribution in [0.1, 0.15) is 65.7 Å². The molecule has 9 nitrogen and oxygen atoms in total. The Labute approximate surface area is 300 Å². The van der Waals surface area contributed by atoms with E-state index >= 15 is 4.39 Å². The number of halogens is 2. The first-order valence-electron chi connectivity index (χ1n) is 17.0. The van der Waals surface area contributed by atoms with Crippen molar-refractivity contribution in [2.75, 3.05) is 30.1 Å². The lowest BCUT2D eigenvalue weighted by atomic mass is 10.00. The molecule has 1 saturated carbocycles. The summed E-state index contributed by atoms with van der Waals surface area (Å²) in [5, 5.41) is 6.11. The number of methoxy groups -OCH3 is 1. The van der Waals surface area contributed by atoms with Gasteiger partial charge in [0.15, 0.2) is 28.2 Å². The third-order valence-corrected chi connectivity index (χ3v) is 9.88. The molecule has 51 heavy (non-hydrogen) atoms. The second kappa shape index (κ2) is 16.5. The van der Waals surface area contributed by atoms with Crippen molar-refractivity contribution in [3.8, 4) is 23.0 Å². The number of nitrogens with one attached hydrogen (secondary N) is 2. The van der Waals surface area contributed by atoms with E-state index in [9.17, 15) is 18.8 Å². The zero-order valence-corrected chi connectivity index (χ0v) is 30.1. The number of ether oxygens (including phenoxy) is 3. The number of amides is 2. The summed E-state index contributed by atoms with van der Waals surface area (Å²) in [6.45, 7) is 6.33. The third-order valence-electron chi connectivity index (χ3n) is 8.51. The van der Waals surface area contributed by atoms with Crippen molar-refractivity contribution in [2.45, 2.75) is 65.7 Å². The van der Waals surface area contributed by atoms with E-state index in [1.165, 1.54) is 55.3 Å². The first kappa shape index (κ1) is 37.5. The van der Waals surface area contributed by atoms with Crippen LogP contribution in [0.5, 0.6) is 23.0 Å². The highest BCUT2D eigenvalue weighted by Crippen LogP contribution is 2.48. The summed E-state index contributed by atoms with van der Waals surface area (Å²) in [5.41, 5.74) is -0.477. The molecule has 0 saturated heterocycles. The minimum atomic E-state index is -1.29. The third kappa shape index (κ3) is 9.75. The van der Waals surface area contributed by atoms with Gasteiger partial charge in [0, 0.05) is 46.3 Å². The number of rotatable bonds is 16. The summed E-state index contributed by atoms with van der Waals surface area (Å²) in [5.74, 6) is -0.0822. The molecule has 0 atom stereocenters. The van der Waals surface area contributed by atoms with Crippen LogP contribution in [-0.4, -0.2) is 41.4 Å². The van der Waals surface area contributed by atoms with Gasteiger partial charge in [-0.25, -0.2) is 8.78 Å². The van der Waals surface area contributed by atoms with Crippen LogP contribution in [0.4, 0.5) is 20.2 Å². The Morgan fingerprint density at radius 3 is 2.14 bits per heavy atom. The summed E-state index contributed by atoms with van der Waals surface area (Å²) >= 11 is 1.42. The van der Waals surface area contributed by atoms with Crippen molar-refractivity contribution >= 4 is 51.0 Å². The first-order chi connectivity index (χ1) is 24.4. The van der Waals surface area contributed by atoms with Gasteiger partial charge in [-0.3, -0.25) is 19.4 Å². The fraction of sp³-hybridized carbons (Fsp3) is 0.385. The van der Waals surface area contributed by atoms with Crippen LogP contribution in [0.25, 0.3) is 10.9 Å². The number of carbonyl (C=O) groups excluding carboxylic acids is 3. The SMILES string of the molecule is COc1cc2c(Oc3ccc(NC(=O)C4(C(=O)Nc5ccc(F)cc5)CC4)cc3F)ccnc2cc1OCCCCCCCSC(=O)C(C)(C)C. The van der Waals surface area contributed by atoms with E-state index in [0.29, 0.717) is 53.3 Å². The highest BCUT2D eigenvalue weighted by Gasteiger charge is 2.56. The molecule has 3 aromatic carbocycles. The van der Waals surface area contributed by atoms with Crippen LogP contribution in [-0.2, 0) is 14.4 Å². The lowest BCUT2D eigenvalue weighted by Gasteiger charge is -2.16. The Bertz CT molecular complexity index is 1880. The molecule has 2 amide bonds. The Hall–Kier alpha value is -4.71. The molecule has 1 aromatic heterocycles. The van der Waals surface area contributed by atoms with Gasteiger partial charge in [-0.1, -0.05) is 51.8 Å². The van der Waals surface area contributed by atoms with Crippen LogP contribution in [0.15, 0.2) is 66.9 Å². The maximum atomic E-state index is 15.3. The smallest absolute Gasteiger partial charge is 0.240 e. The van der Waals surface area contributed by atoms with E-state index in [1.807, 2.05) is 20.8 Å². The van der Waals surface area contributed by atoms with Crippen molar-refractivity contribution in [1.82, 2.24) is 4.98 Å². The first-order valence-corrected chi connectivity index (χ1v) is 18.0. The summed E-state index contributed by atoms with van der Waals surface area (Å²) < 4.78 is 46.1. The molecule has 4 aromatic rings. The molecule has 0 unspecified atom stereocenters. The molecule has 1 fully saturated rings. The highest BCUT2D eigenvalue weighted by atomic mass is 32.2. The maximum absolute atomic E-state index is 15.3. The predicted molar refractivity (Wildman–Crippen MR) is 196 cm³/mol. The zero-order chi connectivity index (χ0) is 36.6. The molecule has 270 valence electrons. The van der Waals surface area contributed by atoms with Gasteiger partial charge in [0.25, 0.3) is 0 Å². The molecule has 0 radical (unpaired) electrons. The number of anilines is 2. The second-order valence-electron chi connectivity index (χ2n) is 13.6. The van der Waals surface area contributed by atoms with Gasteiger partial charge in [0.2, 0.25) is 11.8 Å². The van der Waals surface area contributed by atoms with Gasteiger partial charge in [-0.05, 0) is 74.2 Å². The second-order valence-corrected chi connectivity index (χ2v) is 14.6. The average Bonchev–Trinajstić information content (AvgIpc) is 3.91. The molecule has 2 N–H and O–H groups in total. The van der Waals surface area contributed by atoms with Gasteiger partial charge in [-0.15, -0.1) is 0 Å². The van der Waals surface area contributed by atoms with Gasteiger partial charge >= 0.3 is 0 Å². The van der Waals surface area contributed by atoms with Gasteiger partial charge in [-0.2, -0.15) is 0 Å². The number of aromatic nitrogens is 1. The molecule has 0 spiro atoms. The number of fused-ring (bicyclic) bond motifs is 1. The van der Waals surface area contributed by atoms with E-state index in [1.54, 1.807) is 24.4 Å². The summed E-state index contributed by atoms with van der Waals surface area (Å²) in [4.78, 5) is 42.4. The molecular formula is C39H43F2N3O6S. The molecule has 1 aliphatic carbocycles. The molecule has 5 rings (SSSR count). The van der Waals surface area contributed by atoms with Crippen LogP contribution in [0.2, 0.25) is 0 Å². The largest absolute Gasteiger partial charge is 0.493 e. The fourth-order valence-electron chi connectivity index (χ4n) is 5.28. The van der Waals surface area contributed by atoms with Crippen LogP contribution < -0.4 is 24.8 Å². The summed E-state index contributed by atoms with van der Waals surface area (Å²) in [7, 11) is 1.54. The predicted octanol–water partition coefficient (Wildman–Crippen LogP) is 9.31. The highest BCUT2D eigenvalue weighted by molar-refractivity contribution is 8.13. The van der Waals surface area contributed by atoms with E-state index in [0.717, 1.165) is 43.9 Å². The topological polar surface area (TPSA) is 116 Å². The van der Waals surface area contributed by atoms with Crippen LogP contribution >= 0.6 is 11.8 Å². The molecule has 0 bridgehead atoms. The fourth-order valence-corrected chi connectivity index (χ4v) is 6.25. The Balaban J connectivity index is 1.14. The van der Waals surface area contributed by atoms with Crippen molar-refractivity contribution in [2.24, 2.45) is 10.8 Å². The monoisotopic (exact) mass is 719 g/mol. The normalized spacial score (nSPS) is 13.4. The molecule has 0 aliphatic heterocycles. The average molecular weight is 720 g/mol. The Morgan fingerprint density at radius 2 is 1.47 bits per heavy atom. The lowest BCUT2D eigenvalue weighted by Crippen LogP contribution is -2.35. The number of pyridine rings is 1. The zero-order valence-electron chi connectivity index (χ0n) is 29.3. The van der Waals surface area contributed by atoms with Crippen molar-refractivity contribution in [1.29, 1.82) is 0 Å². The van der Waals surface area contributed by atoms with E-state index < -0.39 is 28.9 Å². The number of nitrogens with zero attached hydrogens (tertiary/aromatic N) is 1. The number of hydrogen-bond donors (Lipinski definition) is 2. The minimum absolute atomic E-state index is 0.0747. The molecule has 12 heteroatoms. The van der Waals surface area contributed by atoms with E-state index in [-0.39, 0.29) is 22.0 Å². The molecule has 1 aliphatic rings. The number of carbonyl (C=O) groups is 3. The lowest BCUT2D eigenvalue weighted by molar-refractivity contribution is -0.131. The minimum Gasteiger partial charge on any atom is -0.493 e. The van der Waals surface area contributed by atoms with E-state index in [4.69, 9.17) is 14.2 Å². The summed E-state index contributed by atoms with van der Waals surface area (Å²) in [6, 6.07) is 14.4. The number of thioether (sulfide) groups is 1. The summed E-state index contributed by atoms with van der Waals surface area (Å²) in [6.07, 6.45) is 7.23. The van der Waals surface area contributed by atoms with Crippen molar-refractivity contribution in [3.63, 3.8) is 0 Å².